The maximum absolute atomic E-state index is 3.15. The summed E-state index contributed by atoms with van der Waals surface area (Å²) < 4.78 is 0. The summed E-state index contributed by atoms with van der Waals surface area (Å²) >= 11 is 0. The van der Waals surface area contributed by atoms with E-state index in [0.717, 1.165) is 29.2 Å². The van der Waals surface area contributed by atoms with Crippen molar-refractivity contribution >= 4 is 0 Å². The lowest BCUT2D eigenvalue weighted by atomic mass is 9.68. The second-order valence-corrected chi connectivity index (χ2v) is 7.80. The van der Waals surface area contributed by atoms with Gasteiger partial charge in [-0.05, 0) is 86.8 Å². The summed E-state index contributed by atoms with van der Waals surface area (Å²) in [5.41, 5.74) is 2.69. The number of hydrogen-bond acceptors (Lipinski definition) is 0. The van der Waals surface area contributed by atoms with Gasteiger partial charge in [-0.2, -0.15) is 0 Å². The first-order valence-corrected chi connectivity index (χ1v) is 9.82. The van der Waals surface area contributed by atoms with E-state index < -0.39 is 0 Å². The fraction of sp³-hybridized carbons (Fsp3) is 0.652. The third-order valence-corrected chi connectivity index (χ3v) is 6.56. The van der Waals surface area contributed by atoms with Crippen LogP contribution >= 0.6 is 0 Å². The molecule has 0 atom stereocenters. The molecule has 0 spiro atoms. The maximum Gasteiger partial charge on any atom is 0.0245 e. The van der Waals surface area contributed by atoms with Crippen LogP contribution < -0.4 is 0 Å². The van der Waals surface area contributed by atoms with E-state index in [1.165, 1.54) is 57.8 Å². The Kier molecular flexibility index (Phi) is 5.82. The third-order valence-electron chi connectivity index (χ3n) is 6.56. The first-order valence-electron chi connectivity index (χ1n) is 9.82. The molecular weight excluding hydrogens is 276 g/mol. The van der Waals surface area contributed by atoms with Crippen molar-refractivity contribution in [1.29, 1.82) is 0 Å². The molecule has 1 aromatic rings. The third kappa shape index (κ3) is 4.20. The molecule has 0 aliphatic heterocycles. The Morgan fingerprint density at radius 2 is 1.39 bits per heavy atom. The molecule has 0 heterocycles. The Morgan fingerprint density at radius 1 is 0.826 bits per heavy atom. The zero-order valence-corrected chi connectivity index (χ0v) is 15.0. The fourth-order valence-electron chi connectivity index (χ4n) is 4.97. The maximum atomic E-state index is 3.15. The van der Waals surface area contributed by atoms with Crippen molar-refractivity contribution in [2.45, 2.75) is 77.6 Å². The Balaban J connectivity index is 1.51. The molecule has 0 unspecified atom stereocenters. The molecule has 2 fully saturated rings. The van der Waals surface area contributed by atoms with Crippen LogP contribution in [0.5, 0.6) is 0 Å². The summed E-state index contributed by atoms with van der Waals surface area (Å²) in [4.78, 5) is 0. The lowest BCUT2D eigenvalue weighted by Gasteiger charge is -2.38. The summed E-state index contributed by atoms with van der Waals surface area (Å²) in [5, 5.41) is 0. The molecule has 0 N–H and O–H groups in total. The van der Waals surface area contributed by atoms with Crippen LogP contribution in [0.4, 0.5) is 0 Å². The van der Waals surface area contributed by atoms with Gasteiger partial charge in [-0.3, -0.25) is 0 Å². The molecule has 0 amide bonds. The van der Waals surface area contributed by atoms with E-state index in [0.29, 0.717) is 0 Å². The summed E-state index contributed by atoms with van der Waals surface area (Å²) in [6.45, 7) is 4.27. The molecular formula is C23H32. The van der Waals surface area contributed by atoms with Gasteiger partial charge in [0.05, 0.1) is 0 Å². The average Bonchev–Trinajstić information content (AvgIpc) is 2.63. The van der Waals surface area contributed by atoms with Crippen molar-refractivity contribution in [3.63, 3.8) is 0 Å². The largest absolute Gasteiger partial charge is 0.101 e. The lowest BCUT2D eigenvalue weighted by molar-refractivity contribution is 0.158. The highest BCUT2D eigenvalue weighted by atomic mass is 14.4. The van der Waals surface area contributed by atoms with Gasteiger partial charge in [0, 0.05) is 5.56 Å². The Morgan fingerprint density at radius 3 is 1.91 bits per heavy atom. The van der Waals surface area contributed by atoms with Gasteiger partial charge < -0.3 is 0 Å². The average molecular weight is 309 g/mol. The quantitative estimate of drug-likeness (QED) is 0.555. The molecule has 0 radical (unpaired) electrons. The zero-order valence-electron chi connectivity index (χ0n) is 15.0. The predicted octanol–water partition coefficient (Wildman–Crippen LogP) is 6.55. The molecule has 0 aromatic heterocycles. The van der Waals surface area contributed by atoms with E-state index in [-0.39, 0.29) is 0 Å². The van der Waals surface area contributed by atoms with Crippen LogP contribution in [0.2, 0.25) is 0 Å². The molecule has 2 aliphatic rings. The van der Waals surface area contributed by atoms with Gasteiger partial charge in [-0.25, -0.2) is 0 Å². The molecule has 124 valence electrons. The van der Waals surface area contributed by atoms with Crippen molar-refractivity contribution in [3.05, 3.63) is 35.4 Å². The van der Waals surface area contributed by atoms with E-state index in [9.17, 15) is 0 Å². The number of rotatable bonds is 3. The molecule has 2 saturated carbocycles. The van der Waals surface area contributed by atoms with Crippen LogP contribution in [-0.4, -0.2) is 0 Å². The molecule has 0 heteroatoms. The minimum absolute atomic E-state index is 0.793. The van der Waals surface area contributed by atoms with E-state index in [1.807, 2.05) is 6.92 Å². The lowest BCUT2D eigenvalue weighted by Crippen LogP contribution is -2.25. The predicted molar refractivity (Wildman–Crippen MR) is 99.4 cm³/mol. The van der Waals surface area contributed by atoms with Crippen molar-refractivity contribution in [2.75, 3.05) is 0 Å². The second-order valence-electron chi connectivity index (χ2n) is 7.80. The normalized spacial score (nSPS) is 31.2. The molecule has 1 aromatic carbocycles. The molecule has 0 saturated heterocycles. The smallest absolute Gasteiger partial charge is 0.0245 e. The van der Waals surface area contributed by atoms with Crippen LogP contribution in [0.15, 0.2) is 24.3 Å². The Hall–Kier alpha value is -1.22. The number of hydrogen-bond donors (Lipinski definition) is 0. The molecule has 3 rings (SSSR count). The first-order chi connectivity index (χ1) is 11.3. The van der Waals surface area contributed by atoms with Crippen molar-refractivity contribution in [1.82, 2.24) is 0 Å². The summed E-state index contributed by atoms with van der Waals surface area (Å²) in [7, 11) is 0. The van der Waals surface area contributed by atoms with Crippen LogP contribution in [0.1, 0.15) is 88.7 Å². The van der Waals surface area contributed by atoms with Crippen LogP contribution in [0.3, 0.4) is 0 Å². The van der Waals surface area contributed by atoms with E-state index in [1.54, 1.807) is 5.56 Å². The summed E-state index contributed by atoms with van der Waals surface area (Å²) in [5.74, 6) is 10.0. The molecule has 0 bridgehead atoms. The Labute approximate surface area is 143 Å². The highest BCUT2D eigenvalue weighted by Crippen LogP contribution is 2.44. The van der Waals surface area contributed by atoms with Gasteiger partial charge in [0.2, 0.25) is 0 Å². The van der Waals surface area contributed by atoms with E-state index >= 15 is 0 Å². The van der Waals surface area contributed by atoms with Gasteiger partial charge in [0.15, 0.2) is 0 Å². The van der Waals surface area contributed by atoms with Crippen LogP contribution in [0.25, 0.3) is 0 Å². The highest BCUT2D eigenvalue weighted by Gasteiger charge is 2.30. The minimum Gasteiger partial charge on any atom is -0.101 e. The van der Waals surface area contributed by atoms with Gasteiger partial charge in [0.25, 0.3) is 0 Å². The first kappa shape index (κ1) is 16.6. The van der Waals surface area contributed by atoms with Crippen molar-refractivity contribution in [2.24, 2.45) is 17.8 Å². The summed E-state index contributed by atoms with van der Waals surface area (Å²) in [6.07, 6.45) is 13.1. The molecule has 0 nitrogen and oxygen atoms in total. The van der Waals surface area contributed by atoms with Gasteiger partial charge in [-0.15, -0.1) is 5.92 Å². The standard InChI is InChI=1S/C23H32/c1-3-5-19-8-12-21(13-9-19)23-16-14-22(15-17-23)20-10-6-18(4-2)7-11-20/h8-9,12-13,18,20,22-23H,4,6-7,10-11,14-17H2,1-2H3. The minimum atomic E-state index is 0.793. The number of benzene rings is 1. The van der Waals surface area contributed by atoms with Crippen molar-refractivity contribution < 1.29 is 0 Å². The van der Waals surface area contributed by atoms with Crippen LogP contribution in [0, 0.1) is 29.6 Å². The van der Waals surface area contributed by atoms with Gasteiger partial charge >= 0.3 is 0 Å². The molecule has 2 aliphatic carbocycles. The van der Waals surface area contributed by atoms with Crippen LogP contribution in [-0.2, 0) is 0 Å². The van der Waals surface area contributed by atoms with Crippen molar-refractivity contribution in [3.8, 4) is 11.8 Å². The van der Waals surface area contributed by atoms with E-state index in [4.69, 9.17) is 0 Å². The summed E-state index contributed by atoms with van der Waals surface area (Å²) in [6, 6.07) is 9.03. The SMILES string of the molecule is CC#Cc1ccc(C2CCC(C3CCC(CC)CC3)CC2)cc1. The molecule has 23 heavy (non-hydrogen) atoms. The second kappa shape index (κ2) is 8.05. The van der Waals surface area contributed by atoms with E-state index in [2.05, 4.69) is 43.0 Å². The van der Waals surface area contributed by atoms with Gasteiger partial charge in [-0.1, -0.05) is 44.2 Å². The Bertz CT molecular complexity index is 526. The topological polar surface area (TPSA) is 0 Å². The fourth-order valence-corrected chi connectivity index (χ4v) is 4.97. The van der Waals surface area contributed by atoms with Gasteiger partial charge in [0.1, 0.15) is 0 Å². The zero-order chi connectivity index (χ0) is 16.1. The highest BCUT2D eigenvalue weighted by molar-refractivity contribution is 5.36. The monoisotopic (exact) mass is 308 g/mol.